The van der Waals surface area contributed by atoms with Gasteiger partial charge in [0, 0.05) is 19.6 Å². The standard InChI is InChI=1S/C15H25N3O2/c1-10-6-7-13(20-10)14(11(2)16)18-8-4-5-12(9-18)15(19)17-3/h6-7,11-12,14H,4-5,8-9,16H2,1-3H3,(H,17,19). The largest absolute Gasteiger partial charge is 0.465 e. The van der Waals surface area contributed by atoms with Crippen molar-refractivity contribution in [1.29, 1.82) is 0 Å². The topological polar surface area (TPSA) is 71.5 Å². The summed E-state index contributed by atoms with van der Waals surface area (Å²) in [6.07, 6.45) is 1.96. The first-order valence-corrected chi connectivity index (χ1v) is 7.30. The van der Waals surface area contributed by atoms with Gasteiger partial charge in [0.25, 0.3) is 0 Å². The highest BCUT2D eigenvalue weighted by molar-refractivity contribution is 5.78. The molecule has 1 aromatic rings. The fourth-order valence-electron chi connectivity index (χ4n) is 3.06. The quantitative estimate of drug-likeness (QED) is 0.874. The minimum Gasteiger partial charge on any atom is -0.465 e. The maximum absolute atomic E-state index is 11.9. The molecule has 3 unspecified atom stereocenters. The third-order valence-electron chi connectivity index (χ3n) is 4.01. The van der Waals surface area contributed by atoms with Crippen molar-refractivity contribution in [2.24, 2.45) is 11.7 Å². The Kier molecular flexibility index (Phi) is 4.83. The molecule has 2 heterocycles. The number of carbonyl (C=O) groups excluding carboxylic acids is 1. The zero-order valence-electron chi connectivity index (χ0n) is 12.6. The van der Waals surface area contributed by atoms with E-state index in [1.54, 1.807) is 7.05 Å². The third kappa shape index (κ3) is 3.22. The van der Waals surface area contributed by atoms with E-state index < -0.39 is 0 Å². The molecule has 3 N–H and O–H groups in total. The maximum atomic E-state index is 11.9. The molecule has 2 rings (SSSR count). The van der Waals surface area contributed by atoms with Crippen LogP contribution in [-0.2, 0) is 4.79 Å². The fraction of sp³-hybridized carbons (Fsp3) is 0.667. The number of hydrogen-bond donors (Lipinski definition) is 2. The lowest BCUT2D eigenvalue weighted by Crippen LogP contribution is -2.47. The van der Waals surface area contributed by atoms with Crippen LogP contribution in [0.3, 0.4) is 0 Å². The SMILES string of the molecule is CNC(=O)C1CCCN(C(c2ccc(C)o2)C(C)N)C1. The Bertz CT molecular complexity index is 456. The molecule has 0 saturated carbocycles. The summed E-state index contributed by atoms with van der Waals surface area (Å²) in [6, 6.07) is 3.96. The van der Waals surface area contributed by atoms with E-state index >= 15 is 0 Å². The number of amides is 1. The van der Waals surface area contributed by atoms with Crippen LogP contribution in [0.2, 0.25) is 0 Å². The summed E-state index contributed by atoms with van der Waals surface area (Å²) in [7, 11) is 1.69. The van der Waals surface area contributed by atoms with Crippen LogP contribution >= 0.6 is 0 Å². The lowest BCUT2D eigenvalue weighted by Gasteiger charge is -2.38. The van der Waals surface area contributed by atoms with Crippen LogP contribution in [0.5, 0.6) is 0 Å². The van der Waals surface area contributed by atoms with Crippen LogP contribution in [0.4, 0.5) is 0 Å². The molecule has 1 fully saturated rings. The first-order chi connectivity index (χ1) is 9.52. The number of rotatable bonds is 4. The second kappa shape index (κ2) is 6.41. The van der Waals surface area contributed by atoms with Gasteiger partial charge in [-0.05, 0) is 45.4 Å². The van der Waals surface area contributed by atoms with Gasteiger partial charge in [-0.3, -0.25) is 9.69 Å². The highest BCUT2D eigenvalue weighted by atomic mass is 16.3. The van der Waals surface area contributed by atoms with Crippen molar-refractivity contribution in [3.63, 3.8) is 0 Å². The molecule has 5 heteroatoms. The number of nitrogens with zero attached hydrogens (tertiary/aromatic N) is 1. The number of hydrogen-bond acceptors (Lipinski definition) is 4. The van der Waals surface area contributed by atoms with Gasteiger partial charge in [-0.15, -0.1) is 0 Å². The van der Waals surface area contributed by atoms with Crippen molar-refractivity contribution in [3.8, 4) is 0 Å². The van der Waals surface area contributed by atoms with Gasteiger partial charge in [0.05, 0.1) is 12.0 Å². The van der Waals surface area contributed by atoms with E-state index in [9.17, 15) is 4.79 Å². The molecule has 1 saturated heterocycles. The summed E-state index contributed by atoms with van der Waals surface area (Å²) in [6.45, 7) is 5.63. The molecule has 20 heavy (non-hydrogen) atoms. The summed E-state index contributed by atoms with van der Waals surface area (Å²) in [4.78, 5) is 14.1. The van der Waals surface area contributed by atoms with E-state index in [0.29, 0.717) is 0 Å². The van der Waals surface area contributed by atoms with Crippen LogP contribution in [-0.4, -0.2) is 37.0 Å². The molecular weight excluding hydrogens is 254 g/mol. The normalized spacial score (nSPS) is 23.3. The number of nitrogens with two attached hydrogens (primary N) is 1. The molecule has 1 amide bonds. The van der Waals surface area contributed by atoms with Crippen LogP contribution in [0.25, 0.3) is 0 Å². The molecule has 112 valence electrons. The molecule has 5 nitrogen and oxygen atoms in total. The molecule has 1 aliphatic heterocycles. The van der Waals surface area contributed by atoms with Gasteiger partial charge in [0.15, 0.2) is 0 Å². The van der Waals surface area contributed by atoms with E-state index in [-0.39, 0.29) is 23.9 Å². The number of furan rings is 1. The predicted molar refractivity (Wildman–Crippen MR) is 78.2 cm³/mol. The molecule has 0 radical (unpaired) electrons. The number of carbonyl (C=O) groups is 1. The Morgan fingerprint density at radius 2 is 2.30 bits per heavy atom. The van der Waals surface area contributed by atoms with Crippen molar-refractivity contribution in [2.75, 3.05) is 20.1 Å². The monoisotopic (exact) mass is 279 g/mol. The van der Waals surface area contributed by atoms with Gasteiger partial charge in [-0.1, -0.05) is 0 Å². The minimum absolute atomic E-state index is 0.0380. The minimum atomic E-state index is -0.0380. The van der Waals surface area contributed by atoms with Gasteiger partial charge >= 0.3 is 0 Å². The van der Waals surface area contributed by atoms with Crippen molar-refractivity contribution >= 4 is 5.91 Å². The van der Waals surface area contributed by atoms with Gasteiger partial charge < -0.3 is 15.5 Å². The predicted octanol–water partition coefficient (Wildman–Crippen LogP) is 1.43. The molecular formula is C15H25N3O2. The molecule has 3 atom stereocenters. The number of aryl methyl sites for hydroxylation is 1. The van der Waals surface area contributed by atoms with Gasteiger partial charge in [-0.25, -0.2) is 0 Å². The zero-order chi connectivity index (χ0) is 14.7. The fourth-order valence-corrected chi connectivity index (χ4v) is 3.06. The highest BCUT2D eigenvalue weighted by Gasteiger charge is 2.33. The van der Waals surface area contributed by atoms with Crippen molar-refractivity contribution in [2.45, 2.75) is 38.8 Å². The number of likely N-dealkylation sites (tertiary alicyclic amines) is 1. The zero-order valence-corrected chi connectivity index (χ0v) is 12.6. The molecule has 0 spiro atoms. The highest BCUT2D eigenvalue weighted by Crippen LogP contribution is 2.30. The first kappa shape index (κ1) is 15.1. The molecule has 0 bridgehead atoms. The van der Waals surface area contributed by atoms with E-state index in [1.807, 2.05) is 26.0 Å². The number of nitrogens with one attached hydrogen (secondary N) is 1. The second-order valence-corrected chi connectivity index (χ2v) is 5.70. The molecule has 1 aliphatic rings. The summed E-state index contributed by atoms with van der Waals surface area (Å²) in [5, 5.41) is 2.75. The van der Waals surface area contributed by atoms with E-state index in [0.717, 1.165) is 37.5 Å². The summed E-state index contributed by atoms with van der Waals surface area (Å²) in [5.74, 6) is 1.96. The molecule has 0 aromatic carbocycles. The Morgan fingerprint density at radius 1 is 1.55 bits per heavy atom. The van der Waals surface area contributed by atoms with Crippen LogP contribution < -0.4 is 11.1 Å². The Labute approximate surface area is 120 Å². The van der Waals surface area contributed by atoms with E-state index in [4.69, 9.17) is 10.2 Å². The maximum Gasteiger partial charge on any atom is 0.224 e. The smallest absolute Gasteiger partial charge is 0.224 e. The van der Waals surface area contributed by atoms with E-state index in [1.165, 1.54) is 0 Å². The van der Waals surface area contributed by atoms with Gasteiger partial charge in [0.1, 0.15) is 11.5 Å². The third-order valence-corrected chi connectivity index (χ3v) is 4.01. The van der Waals surface area contributed by atoms with Gasteiger partial charge in [-0.2, -0.15) is 0 Å². The molecule has 0 aliphatic carbocycles. The average Bonchev–Trinajstić information content (AvgIpc) is 2.84. The second-order valence-electron chi connectivity index (χ2n) is 5.70. The lowest BCUT2D eigenvalue weighted by atomic mass is 9.94. The van der Waals surface area contributed by atoms with Crippen molar-refractivity contribution in [3.05, 3.63) is 23.7 Å². The van der Waals surface area contributed by atoms with Gasteiger partial charge in [0.2, 0.25) is 5.91 Å². The summed E-state index contributed by atoms with van der Waals surface area (Å²) >= 11 is 0. The first-order valence-electron chi connectivity index (χ1n) is 7.30. The van der Waals surface area contributed by atoms with Crippen LogP contribution in [0.15, 0.2) is 16.5 Å². The Morgan fingerprint density at radius 3 is 2.85 bits per heavy atom. The lowest BCUT2D eigenvalue weighted by molar-refractivity contribution is -0.126. The van der Waals surface area contributed by atoms with Crippen LogP contribution in [0.1, 0.15) is 37.3 Å². The van der Waals surface area contributed by atoms with E-state index in [2.05, 4.69) is 10.2 Å². The van der Waals surface area contributed by atoms with Crippen molar-refractivity contribution in [1.82, 2.24) is 10.2 Å². The van der Waals surface area contributed by atoms with Crippen molar-refractivity contribution < 1.29 is 9.21 Å². The summed E-state index contributed by atoms with van der Waals surface area (Å²) < 4.78 is 5.76. The Balaban J connectivity index is 2.15. The average molecular weight is 279 g/mol. The summed E-state index contributed by atoms with van der Waals surface area (Å²) in [5.41, 5.74) is 6.16. The van der Waals surface area contributed by atoms with Crippen LogP contribution in [0, 0.1) is 12.8 Å². The Hall–Kier alpha value is -1.33. The number of piperidine rings is 1. The molecule has 1 aromatic heterocycles.